The molecular weight excluding hydrogens is 426 g/mol. The van der Waals surface area contributed by atoms with E-state index in [-0.39, 0.29) is 10.8 Å². The molecule has 0 bridgehead atoms. The van der Waals surface area contributed by atoms with Crippen molar-refractivity contribution in [1.29, 1.82) is 0 Å². The zero-order valence-electron chi connectivity index (χ0n) is 18.6. The van der Waals surface area contributed by atoms with E-state index >= 15 is 0 Å². The second-order valence-corrected chi connectivity index (χ2v) is 10.1. The van der Waals surface area contributed by atoms with Gasteiger partial charge in [-0.25, -0.2) is 8.42 Å². The van der Waals surface area contributed by atoms with Crippen LogP contribution in [0.25, 0.3) is 0 Å². The largest absolute Gasteiger partial charge is 0.492 e. The predicted molar refractivity (Wildman–Crippen MR) is 125 cm³/mol. The zero-order chi connectivity index (χ0) is 22.6. The average Bonchev–Trinajstić information content (AvgIpc) is 2.85. The summed E-state index contributed by atoms with van der Waals surface area (Å²) in [5.74, 6) is 0.726. The van der Waals surface area contributed by atoms with Crippen LogP contribution in [-0.4, -0.2) is 69.4 Å². The highest BCUT2D eigenvalue weighted by Gasteiger charge is 2.28. The molecular formula is C24H31N3O4S. The van der Waals surface area contributed by atoms with Crippen LogP contribution in [0.4, 0.5) is 5.69 Å². The summed E-state index contributed by atoms with van der Waals surface area (Å²) < 4.78 is 33.3. The average molecular weight is 458 g/mol. The van der Waals surface area contributed by atoms with Crippen molar-refractivity contribution in [3.8, 4) is 5.75 Å². The Kier molecular flexibility index (Phi) is 7.01. The fourth-order valence-corrected chi connectivity index (χ4v) is 5.94. The number of piperidine rings is 1. The van der Waals surface area contributed by atoms with Crippen LogP contribution < -0.4 is 9.64 Å². The molecule has 2 aromatic rings. The predicted octanol–water partition coefficient (Wildman–Crippen LogP) is 3.22. The lowest BCUT2D eigenvalue weighted by molar-refractivity contribution is 0.0746. The van der Waals surface area contributed by atoms with Gasteiger partial charge in [0, 0.05) is 44.8 Å². The van der Waals surface area contributed by atoms with Gasteiger partial charge in [-0.3, -0.25) is 4.79 Å². The fraction of sp³-hybridized carbons (Fsp3) is 0.458. The normalized spacial score (nSPS) is 17.9. The molecule has 32 heavy (non-hydrogen) atoms. The minimum atomic E-state index is -3.56. The van der Waals surface area contributed by atoms with Crippen molar-refractivity contribution < 1.29 is 17.9 Å². The van der Waals surface area contributed by atoms with E-state index in [1.54, 1.807) is 23.1 Å². The minimum Gasteiger partial charge on any atom is -0.492 e. The number of hydrogen-bond acceptors (Lipinski definition) is 5. The van der Waals surface area contributed by atoms with Crippen LogP contribution in [0.1, 0.15) is 36.5 Å². The SMILES string of the molecule is CCOc1ccccc1N1CCN(C(=O)c2cccc(S(=O)(=O)N3CCCCC3)c2)CC1. The summed E-state index contributed by atoms with van der Waals surface area (Å²) in [6.45, 7) is 6.20. The van der Waals surface area contributed by atoms with Gasteiger partial charge < -0.3 is 14.5 Å². The van der Waals surface area contributed by atoms with E-state index in [0.717, 1.165) is 30.7 Å². The summed E-state index contributed by atoms with van der Waals surface area (Å²) in [4.78, 5) is 17.4. The van der Waals surface area contributed by atoms with Crippen molar-refractivity contribution in [2.24, 2.45) is 0 Å². The van der Waals surface area contributed by atoms with E-state index in [1.807, 2.05) is 31.2 Å². The maximum atomic E-state index is 13.1. The van der Waals surface area contributed by atoms with Crippen molar-refractivity contribution >= 4 is 21.6 Å². The molecule has 7 nitrogen and oxygen atoms in total. The highest BCUT2D eigenvalue weighted by Crippen LogP contribution is 2.29. The Balaban J connectivity index is 1.44. The highest BCUT2D eigenvalue weighted by molar-refractivity contribution is 7.89. The second kappa shape index (κ2) is 9.92. The molecule has 0 spiro atoms. The number of carbonyl (C=O) groups excluding carboxylic acids is 1. The summed E-state index contributed by atoms with van der Waals surface area (Å²) >= 11 is 0. The molecule has 0 atom stereocenters. The molecule has 0 N–H and O–H groups in total. The number of carbonyl (C=O) groups is 1. The molecule has 0 unspecified atom stereocenters. The Morgan fingerprint density at radius 1 is 0.906 bits per heavy atom. The summed E-state index contributed by atoms with van der Waals surface area (Å²) in [7, 11) is -3.56. The van der Waals surface area contributed by atoms with Crippen LogP contribution in [-0.2, 0) is 10.0 Å². The summed E-state index contributed by atoms with van der Waals surface area (Å²) in [5, 5.41) is 0. The van der Waals surface area contributed by atoms with Gasteiger partial charge in [-0.15, -0.1) is 0 Å². The molecule has 0 aliphatic carbocycles. The number of ether oxygens (including phenoxy) is 1. The number of anilines is 1. The van der Waals surface area contributed by atoms with Gasteiger partial charge in [-0.2, -0.15) is 4.31 Å². The van der Waals surface area contributed by atoms with Gasteiger partial charge >= 0.3 is 0 Å². The van der Waals surface area contributed by atoms with Crippen LogP contribution in [0.5, 0.6) is 5.75 Å². The van der Waals surface area contributed by atoms with Gasteiger partial charge in [0.15, 0.2) is 0 Å². The first kappa shape index (κ1) is 22.6. The Labute approximate surface area is 190 Å². The molecule has 2 saturated heterocycles. The van der Waals surface area contributed by atoms with Crippen molar-refractivity contribution in [2.75, 3.05) is 50.8 Å². The molecule has 0 radical (unpaired) electrons. The van der Waals surface area contributed by atoms with E-state index in [2.05, 4.69) is 4.90 Å². The van der Waals surface area contributed by atoms with E-state index in [0.29, 0.717) is 51.4 Å². The van der Waals surface area contributed by atoms with Crippen LogP contribution >= 0.6 is 0 Å². The summed E-state index contributed by atoms with van der Waals surface area (Å²) in [6, 6.07) is 14.4. The second-order valence-electron chi connectivity index (χ2n) is 8.17. The van der Waals surface area contributed by atoms with Crippen molar-refractivity contribution in [3.05, 3.63) is 54.1 Å². The molecule has 172 valence electrons. The first-order valence-corrected chi connectivity index (χ1v) is 12.8. The number of benzene rings is 2. The van der Waals surface area contributed by atoms with Gasteiger partial charge in [-0.05, 0) is 50.1 Å². The summed E-state index contributed by atoms with van der Waals surface area (Å²) in [5.41, 5.74) is 1.46. The molecule has 2 aliphatic heterocycles. The van der Waals surface area contributed by atoms with Crippen LogP contribution in [0.3, 0.4) is 0 Å². The van der Waals surface area contributed by atoms with E-state index in [1.165, 1.54) is 10.4 Å². The van der Waals surface area contributed by atoms with Gasteiger partial charge in [0.2, 0.25) is 10.0 Å². The Morgan fingerprint density at radius 2 is 1.62 bits per heavy atom. The third-order valence-electron chi connectivity index (χ3n) is 6.11. The van der Waals surface area contributed by atoms with E-state index < -0.39 is 10.0 Å². The molecule has 0 aromatic heterocycles. The molecule has 2 fully saturated rings. The smallest absolute Gasteiger partial charge is 0.254 e. The first-order chi connectivity index (χ1) is 15.5. The standard InChI is InChI=1S/C24H31N3O4S/c1-2-31-23-12-5-4-11-22(23)25-15-17-26(18-16-25)24(28)20-9-8-10-21(19-20)32(29,30)27-13-6-3-7-14-27/h4-5,8-12,19H,2-3,6-7,13-18H2,1H3. The quantitative estimate of drug-likeness (QED) is 0.666. The van der Waals surface area contributed by atoms with E-state index in [4.69, 9.17) is 4.74 Å². The Hall–Kier alpha value is -2.58. The fourth-order valence-electron chi connectivity index (χ4n) is 4.37. The Bertz CT molecular complexity index is 1040. The number of nitrogens with zero attached hydrogens (tertiary/aromatic N) is 3. The molecule has 2 aromatic carbocycles. The maximum absolute atomic E-state index is 13.1. The monoisotopic (exact) mass is 457 g/mol. The highest BCUT2D eigenvalue weighted by atomic mass is 32.2. The number of piperazine rings is 1. The number of sulfonamides is 1. The lowest BCUT2D eigenvalue weighted by atomic mass is 10.1. The van der Waals surface area contributed by atoms with Gasteiger partial charge in [-0.1, -0.05) is 24.6 Å². The number of rotatable bonds is 6. The van der Waals surface area contributed by atoms with Crippen molar-refractivity contribution in [3.63, 3.8) is 0 Å². The third-order valence-corrected chi connectivity index (χ3v) is 8.00. The molecule has 4 rings (SSSR count). The molecule has 8 heteroatoms. The Morgan fingerprint density at radius 3 is 2.34 bits per heavy atom. The first-order valence-electron chi connectivity index (χ1n) is 11.4. The van der Waals surface area contributed by atoms with Gasteiger partial charge in [0.1, 0.15) is 5.75 Å². The van der Waals surface area contributed by atoms with Gasteiger partial charge in [0.25, 0.3) is 5.91 Å². The number of amides is 1. The lowest BCUT2D eigenvalue weighted by Gasteiger charge is -2.36. The number of para-hydroxylation sites is 2. The molecule has 0 saturated carbocycles. The minimum absolute atomic E-state index is 0.126. The molecule has 1 amide bonds. The molecule has 2 heterocycles. The van der Waals surface area contributed by atoms with Crippen molar-refractivity contribution in [2.45, 2.75) is 31.1 Å². The molecule has 2 aliphatic rings. The van der Waals surface area contributed by atoms with E-state index in [9.17, 15) is 13.2 Å². The number of hydrogen-bond donors (Lipinski definition) is 0. The third kappa shape index (κ3) is 4.76. The van der Waals surface area contributed by atoms with Crippen molar-refractivity contribution in [1.82, 2.24) is 9.21 Å². The van der Waals surface area contributed by atoms with Gasteiger partial charge in [0.05, 0.1) is 17.2 Å². The van der Waals surface area contributed by atoms with Crippen LogP contribution in [0.15, 0.2) is 53.4 Å². The zero-order valence-corrected chi connectivity index (χ0v) is 19.4. The lowest BCUT2D eigenvalue weighted by Crippen LogP contribution is -2.49. The van der Waals surface area contributed by atoms with Crippen LogP contribution in [0, 0.1) is 0 Å². The van der Waals surface area contributed by atoms with Crippen LogP contribution in [0.2, 0.25) is 0 Å². The topological polar surface area (TPSA) is 70.2 Å². The summed E-state index contributed by atoms with van der Waals surface area (Å²) in [6.07, 6.45) is 2.83. The maximum Gasteiger partial charge on any atom is 0.254 e.